The van der Waals surface area contributed by atoms with Gasteiger partial charge in [-0.2, -0.15) is 5.10 Å². The smallest absolute Gasteiger partial charge is 0.0631 e. The van der Waals surface area contributed by atoms with E-state index in [9.17, 15) is 0 Å². The van der Waals surface area contributed by atoms with Crippen molar-refractivity contribution in [3.8, 4) is 0 Å². The molecule has 0 spiro atoms. The lowest BCUT2D eigenvalue weighted by Crippen LogP contribution is -2.25. The van der Waals surface area contributed by atoms with Crippen LogP contribution in [-0.2, 0) is 7.05 Å². The molecule has 0 radical (unpaired) electrons. The van der Waals surface area contributed by atoms with Crippen LogP contribution in [0.15, 0.2) is 0 Å². The Hall–Kier alpha value is -0.870. The van der Waals surface area contributed by atoms with E-state index in [-0.39, 0.29) is 0 Å². The summed E-state index contributed by atoms with van der Waals surface area (Å²) in [5, 5.41) is 4.49. The van der Waals surface area contributed by atoms with Crippen LogP contribution in [0.2, 0.25) is 0 Å². The summed E-state index contributed by atoms with van der Waals surface area (Å²) < 4.78 is 1.97. The number of aryl methyl sites for hydroxylation is 2. The maximum atomic E-state index is 5.74. The fraction of sp³-hybridized carbons (Fsp3) is 0.769. The lowest BCUT2D eigenvalue weighted by Gasteiger charge is -2.21. The number of hydrogen-bond donors (Lipinski definition) is 2. The molecule has 1 aromatic rings. The van der Waals surface area contributed by atoms with Crippen molar-refractivity contribution in [1.82, 2.24) is 9.78 Å². The number of hydrogen-bond acceptors (Lipinski definition) is 3. The zero-order chi connectivity index (χ0) is 13.0. The second-order valence-electron chi connectivity index (χ2n) is 4.89. The van der Waals surface area contributed by atoms with Crippen LogP contribution >= 0.6 is 0 Å². The molecule has 0 aliphatic rings. The van der Waals surface area contributed by atoms with Gasteiger partial charge in [0.25, 0.3) is 0 Å². The summed E-state index contributed by atoms with van der Waals surface area (Å²) in [6, 6.07) is 0. The Morgan fingerprint density at radius 3 is 2.18 bits per heavy atom. The van der Waals surface area contributed by atoms with Crippen LogP contribution in [0.4, 0.5) is 0 Å². The van der Waals surface area contributed by atoms with Gasteiger partial charge in [-0.25, -0.2) is 0 Å². The van der Waals surface area contributed by atoms with E-state index in [0.717, 1.165) is 18.5 Å². The van der Waals surface area contributed by atoms with E-state index in [0.29, 0.717) is 24.9 Å². The third kappa shape index (κ3) is 3.07. The van der Waals surface area contributed by atoms with Crippen molar-refractivity contribution in [3.05, 3.63) is 17.0 Å². The fourth-order valence-corrected chi connectivity index (χ4v) is 2.56. The molecule has 4 nitrogen and oxygen atoms in total. The molecule has 0 amide bonds. The van der Waals surface area contributed by atoms with Gasteiger partial charge in [-0.1, -0.05) is 6.92 Å². The highest BCUT2D eigenvalue weighted by molar-refractivity contribution is 5.28. The Balaban J connectivity index is 2.93. The number of rotatable bonds is 6. The topological polar surface area (TPSA) is 69.9 Å². The Morgan fingerprint density at radius 2 is 1.82 bits per heavy atom. The van der Waals surface area contributed by atoms with Crippen molar-refractivity contribution in [2.24, 2.45) is 24.4 Å². The summed E-state index contributed by atoms with van der Waals surface area (Å²) in [7, 11) is 2.00. The van der Waals surface area contributed by atoms with Crippen LogP contribution < -0.4 is 11.5 Å². The van der Waals surface area contributed by atoms with Gasteiger partial charge < -0.3 is 11.5 Å². The molecule has 1 unspecified atom stereocenters. The lowest BCUT2D eigenvalue weighted by molar-refractivity contribution is 0.440. The maximum absolute atomic E-state index is 5.74. The molecule has 0 aromatic carbocycles. The molecule has 1 rings (SSSR count). The van der Waals surface area contributed by atoms with E-state index in [4.69, 9.17) is 11.5 Å². The third-order valence-electron chi connectivity index (χ3n) is 3.75. The number of aromatic nitrogens is 2. The third-order valence-corrected chi connectivity index (χ3v) is 3.75. The molecule has 1 atom stereocenters. The fourth-order valence-electron chi connectivity index (χ4n) is 2.56. The monoisotopic (exact) mass is 238 g/mol. The molecule has 4 N–H and O–H groups in total. The van der Waals surface area contributed by atoms with Gasteiger partial charge in [-0.05, 0) is 57.2 Å². The highest BCUT2D eigenvalue weighted by Gasteiger charge is 2.21. The van der Waals surface area contributed by atoms with Gasteiger partial charge in [0.2, 0.25) is 0 Å². The van der Waals surface area contributed by atoms with Crippen molar-refractivity contribution >= 4 is 0 Å². The van der Waals surface area contributed by atoms with Gasteiger partial charge in [-0.3, -0.25) is 4.68 Å². The van der Waals surface area contributed by atoms with Crippen molar-refractivity contribution in [2.75, 3.05) is 13.1 Å². The molecular formula is C13H26N4. The van der Waals surface area contributed by atoms with E-state index in [1.165, 1.54) is 11.3 Å². The van der Waals surface area contributed by atoms with Crippen LogP contribution in [0, 0.1) is 19.8 Å². The molecule has 17 heavy (non-hydrogen) atoms. The van der Waals surface area contributed by atoms with E-state index >= 15 is 0 Å². The first-order chi connectivity index (χ1) is 8.04. The summed E-state index contributed by atoms with van der Waals surface area (Å²) in [5.74, 6) is 0.944. The molecule has 0 aliphatic carbocycles. The normalized spacial score (nSPS) is 13.4. The molecule has 1 aromatic heterocycles. The molecule has 0 aliphatic heterocycles. The van der Waals surface area contributed by atoms with Crippen molar-refractivity contribution < 1.29 is 0 Å². The number of nitrogens with zero attached hydrogens (tertiary/aromatic N) is 2. The summed E-state index contributed by atoms with van der Waals surface area (Å²) in [6.45, 7) is 7.79. The second-order valence-corrected chi connectivity index (χ2v) is 4.89. The molecule has 0 saturated heterocycles. The summed E-state index contributed by atoms with van der Waals surface area (Å²) in [5.41, 5.74) is 15.3. The molecule has 1 heterocycles. The molecule has 0 fully saturated rings. The summed E-state index contributed by atoms with van der Waals surface area (Å²) in [4.78, 5) is 0. The molecule has 98 valence electrons. The van der Waals surface area contributed by atoms with Gasteiger partial charge in [-0.15, -0.1) is 0 Å². The molecular weight excluding hydrogens is 212 g/mol. The average molecular weight is 238 g/mol. The van der Waals surface area contributed by atoms with Gasteiger partial charge >= 0.3 is 0 Å². The van der Waals surface area contributed by atoms with E-state index in [1.807, 2.05) is 11.7 Å². The zero-order valence-corrected chi connectivity index (χ0v) is 11.5. The van der Waals surface area contributed by atoms with Crippen molar-refractivity contribution in [2.45, 2.75) is 39.5 Å². The van der Waals surface area contributed by atoms with Crippen molar-refractivity contribution in [1.29, 1.82) is 0 Å². The average Bonchev–Trinajstić information content (AvgIpc) is 2.56. The highest BCUT2D eigenvalue weighted by atomic mass is 15.3. The molecule has 4 heteroatoms. The Labute approximate surface area is 104 Å². The minimum absolute atomic E-state index is 0.416. The second kappa shape index (κ2) is 6.17. The lowest BCUT2D eigenvalue weighted by atomic mass is 9.86. The molecule has 0 saturated carbocycles. The Kier molecular flexibility index (Phi) is 5.15. The quantitative estimate of drug-likeness (QED) is 0.788. The molecule has 0 bridgehead atoms. The van der Waals surface area contributed by atoms with E-state index in [1.54, 1.807) is 0 Å². The predicted octanol–water partition coefficient (Wildman–Crippen LogP) is 1.45. The van der Waals surface area contributed by atoms with Crippen LogP contribution in [0.3, 0.4) is 0 Å². The van der Waals surface area contributed by atoms with Gasteiger partial charge in [0.15, 0.2) is 0 Å². The standard InChI is InChI=1S/C13H26N4/c1-5-12(6-11(7-14)8-15)13-9(2)16-17(4)10(13)3/h11-12H,5-8,14-15H2,1-4H3. The first kappa shape index (κ1) is 14.2. The zero-order valence-electron chi connectivity index (χ0n) is 11.5. The minimum Gasteiger partial charge on any atom is -0.330 e. The highest BCUT2D eigenvalue weighted by Crippen LogP contribution is 2.31. The SMILES string of the molecule is CCC(CC(CN)CN)c1c(C)nn(C)c1C. The van der Waals surface area contributed by atoms with Gasteiger partial charge in [0, 0.05) is 12.7 Å². The first-order valence-corrected chi connectivity index (χ1v) is 6.45. The first-order valence-electron chi connectivity index (χ1n) is 6.45. The number of nitrogens with two attached hydrogens (primary N) is 2. The maximum Gasteiger partial charge on any atom is 0.0631 e. The summed E-state index contributed by atoms with van der Waals surface area (Å²) >= 11 is 0. The van der Waals surface area contributed by atoms with Crippen LogP contribution in [0.25, 0.3) is 0 Å². The van der Waals surface area contributed by atoms with Crippen molar-refractivity contribution in [3.63, 3.8) is 0 Å². The Morgan fingerprint density at radius 1 is 1.24 bits per heavy atom. The van der Waals surface area contributed by atoms with Gasteiger partial charge in [0.05, 0.1) is 5.69 Å². The predicted molar refractivity (Wildman–Crippen MR) is 71.9 cm³/mol. The minimum atomic E-state index is 0.416. The van der Waals surface area contributed by atoms with Crippen LogP contribution in [-0.4, -0.2) is 22.9 Å². The van der Waals surface area contributed by atoms with Crippen LogP contribution in [0.5, 0.6) is 0 Å². The summed E-state index contributed by atoms with van der Waals surface area (Å²) in [6.07, 6.45) is 2.18. The van der Waals surface area contributed by atoms with E-state index in [2.05, 4.69) is 25.9 Å². The van der Waals surface area contributed by atoms with E-state index < -0.39 is 0 Å². The largest absolute Gasteiger partial charge is 0.330 e. The Bertz CT molecular complexity index is 353. The van der Waals surface area contributed by atoms with Gasteiger partial charge in [0.1, 0.15) is 0 Å². The van der Waals surface area contributed by atoms with Crippen LogP contribution in [0.1, 0.15) is 42.6 Å².